The van der Waals surface area contributed by atoms with Gasteiger partial charge in [-0.1, -0.05) is 41.5 Å². The Bertz CT molecular complexity index is 466. The Labute approximate surface area is 130 Å². The lowest BCUT2D eigenvalue weighted by Crippen LogP contribution is -2.41. The van der Waals surface area contributed by atoms with E-state index in [0.717, 1.165) is 18.9 Å². The number of amidine groups is 1. The van der Waals surface area contributed by atoms with Gasteiger partial charge in [-0.2, -0.15) is 0 Å². The molecule has 2 aliphatic rings. The minimum Gasteiger partial charge on any atom is -0.296 e. The number of aliphatic imine (C=N–C) groups is 2. The first-order valence-electron chi connectivity index (χ1n) is 8.22. The fourth-order valence-electron chi connectivity index (χ4n) is 3.20. The van der Waals surface area contributed by atoms with Gasteiger partial charge in [0.1, 0.15) is 5.84 Å². The van der Waals surface area contributed by atoms with E-state index < -0.39 is 0 Å². The summed E-state index contributed by atoms with van der Waals surface area (Å²) >= 11 is 0. The van der Waals surface area contributed by atoms with Crippen molar-refractivity contribution in [2.24, 2.45) is 26.7 Å². The molecule has 0 aliphatic carbocycles. The Kier molecular flexibility index (Phi) is 3.89. The van der Waals surface area contributed by atoms with Crippen molar-refractivity contribution in [3.05, 3.63) is 0 Å². The predicted octanol–water partition coefficient (Wildman–Crippen LogP) is 4.03. The van der Waals surface area contributed by atoms with Crippen LogP contribution in [0.4, 0.5) is 0 Å². The molecule has 120 valence electrons. The Morgan fingerprint density at radius 1 is 0.857 bits per heavy atom. The molecule has 0 aromatic carbocycles. The molecule has 0 radical (unpaired) electrons. The highest BCUT2D eigenvalue weighted by Gasteiger charge is 2.45. The van der Waals surface area contributed by atoms with Crippen molar-refractivity contribution >= 4 is 11.5 Å². The van der Waals surface area contributed by atoms with E-state index in [1.165, 1.54) is 5.71 Å². The van der Waals surface area contributed by atoms with Crippen LogP contribution in [0.2, 0.25) is 0 Å². The summed E-state index contributed by atoms with van der Waals surface area (Å²) in [4.78, 5) is 12.6. The largest absolute Gasteiger partial charge is 0.296 e. The maximum atomic E-state index is 5.03. The minimum atomic E-state index is 0.0244. The summed E-state index contributed by atoms with van der Waals surface area (Å²) in [5.74, 6) is 1.51. The average molecular weight is 291 g/mol. The topological polar surface area (TPSA) is 28.0 Å². The van der Waals surface area contributed by atoms with E-state index in [9.17, 15) is 0 Å². The molecular weight excluding hydrogens is 258 g/mol. The second-order valence-corrected chi connectivity index (χ2v) is 9.70. The monoisotopic (exact) mass is 291 g/mol. The molecule has 2 heterocycles. The van der Waals surface area contributed by atoms with Crippen molar-refractivity contribution in [2.45, 2.75) is 73.9 Å². The number of rotatable bonds is 0. The maximum Gasteiger partial charge on any atom is 0.128 e. The summed E-state index contributed by atoms with van der Waals surface area (Å²) in [5, 5.41) is 0. The normalized spacial score (nSPS) is 28.2. The number of nitrogens with zero attached hydrogens (tertiary/aromatic N) is 3. The maximum absolute atomic E-state index is 5.03. The van der Waals surface area contributed by atoms with Gasteiger partial charge in [0.2, 0.25) is 0 Å². The lowest BCUT2D eigenvalue weighted by molar-refractivity contribution is 0.170. The highest BCUT2D eigenvalue weighted by atomic mass is 15.2. The summed E-state index contributed by atoms with van der Waals surface area (Å²) in [7, 11) is 0. The lowest BCUT2D eigenvalue weighted by atomic mass is 9.78. The Morgan fingerprint density at radius 2 is 1.43 bits per heavy atom. The molecule has 0 N–H and O–H groups in total. The molecule has 0 saturated carbocycles. The first-order chi connectivity index (χ1) is 9.30. The first kappa shape index (κ1) is 16.7. The van der Waals surface area contributed by atoms with E-state index in [0.29, 0.717) is 12.0 Å². The van der Waals surface area contributed by atoms with Crippen LogP contribution in [0, 0.1) is 16.7 Å². The first-order valence-corrected chi connectivity index (χ1v) is 8.22. The van der Waals surface area contributed by atoms with E-state index >= 15 is 0 Å². The third-order valence-electron chi connectivity index (χ3n) is 4.54. The Balaban J connectivity index is 2.41. The number of likely N-dealkylation sites (tertiary alicyclic amines) is 1. The average Bonchev–Trinajstić information content (AvgIpc) is 2.67. The smallest absolute Gasteiger partial charge is 0.128 e. The number of hydrogen-bond donors (Lipinski definition) is 0. The second-order valence-electron chi connectivity index (χ2n) is 9.70. The molecule has 2 aliphatic heterocycles. The van der Waals surface area contributed by atoms with Crippen molar-refractivity contribution in [2.75, 3.05) is 13.1 Å². The van der Waals surface area contributed by atoms with Crippen LogP contribution in [0.15, 0.2) is 9.98 Å². The van der Waals surface area contributed by atoms with Gasteiger partial charge in [0.05, 0.1) is 6.04 Å². The number of fused-ring (bicyclic) bond motifs is 1. The van der Waals surface area contributed by atoms with Crippen LogP contribution in [0.5, 0.6) is 0 Å². The van der Waals surface area contributed by atoms with Crippen molar-refractivity contribution in [3.8, 4) is 0 Å². The van der Waals surface area contributed by atoms with E-state index in [-0.39, 0.29) is 16.4 Å². The summed E-state index contributed by atoms with van der Waals surface area (Å²) in [5.41, 5.74) is 1.69. The molecular formula is C18H33N3. The Morgan fingerprint density at radius 3 is 1.86 bits per heavy atom. The lowest BCUT2D eigenvalue weighted by Gasteiger charge is -2.34. The molecule has 2 rings (SSSR count). The van der Waals surface area contributed by atoms with E-state index in [1.54, 1.807) is 0 Å². The molecule has 0 amide bonds. The third-order valence-corrected chi connectivity index (χ3v) is 4.54. The quantitative estimate of drug-likeness (QED) is 0.662. The molecule has 0 spiro atoms. The highest BCUT2D eigenvalue weighted by Crippen LogP contribution is 2.37. The van der Waals surface area contributed by atoms with Crippen LogP contribution in [0.3, 0.4) is 0 Å². The van der Waals surface area contributed by atoms with Gasteiger partial charge in [0.25, 0.3) is 0 Å². The van der Waals surface area contributed by atoms with Gasteiger partial charge in [0, 0.05) is 41.1 Å². The van der Waals surface area contributed by atoms with Crippen LogP contribution in [-0.2, 0) is 0 Å². The zero-order valence-corrected chi connectivity index (χ0v) is 15.4. The molecule has 2 unspecified atom stereocenters. The van der Waals surface area contributed by atoms with Gasteiger partial charge >= 0.3 is 0 Å². The van der Waals surface area contributed by atoms with Gasteiger partial charge in [-0.05, 0) is 20.8 Å². The zero-order valence-electron chi connectivity index (χ0n) is 15.4. The summed E-state index contributed by atoms with van der Waals surface area (Å²) in [6.45, 7) is 22.5. The molecule has 1 fully saturated rings. The van der Waals surface area contributed by atoms with E-state index in [2.05, 4.69) is 67.2 Å². The molecule has 21 heavy (non-hydrogen) atoms. The molecule has 0 bridgehead atoms. The Hall–Kier alpha value is -0.700. The van der Waals surface area contributed by atoms with Crippen molar-refractivity contribution in [1.82, 2.24) is 4.90 Å². The van der Waals surface area contributed by atoms with Gasteiger partial charge in [-0.15, -0.1) is 0 Å². The van der Waals surface area contributed by atoms with Gasteiger partial charge in [0.15, 0.2) is 0 Å². The summed E-state index contributed by atoms with van der Waals surface area (Å²) in [6.07, 6.45) is 0. The zero-order chi connectivity index (χ0) is 16.2. The van der Waals surface area contributed by atoms with Crippen LogP contribution < -0.4 is 0 Å². The fourth-order valence-corrected chi connectivity index (χ4v) is 3.20. The number of hydrogen-bond acceptors (Lipinski definition) is 3. The predicted molar refractivity (Wildman–Crippen MR) is 92.4 cm³/mol. The molecule has 1 saturated heterocycles. The van der Waals surface area contributed by atoms with Crippen molar-refractivity contribution in [1.29, 1.82) is 0 Å². The standard InChI is InChI=1S/C18H33N3/c1-16(2,3)14-12-10-21(18(7,8)9)11-13(12)19-15(20-14)17(4,5)6/h12-13H,10-11H2,1-9H3. The van der Waals surface area contributed by atoms with Crippen molar-refractivity contribution < 1.29 is 0 Å². The van der Waals surface area contributed by atoms with Crippen LogP contribution >= 0.6 is 0 Å². The molecule has 2 atom stereocenters. The fraction of sp³-hybridized carbons (Fsp3) is 0.889. The second kappa shape index (κ2) is 4.91. The van der Waals surface area contributed by atoms with E-state index in [1.807, 2.05) is 0 Å². The van der Waals surface area contributed by atoms with Gasteiger partial charge in [-0.25, -0.2) is 4.99 Å². The molecule has 0 aromatic rings. The molecule has 0 aromatic heterocycles. The van der Waals surface area contributed by atoms with E-state index in [4.69, 9.17) is 9.98 Å². The third kappa shape index (κ3) is 3.39. The van der Waals surface area contributed by atoms with Crippen LogP contribution in [-0.4, -0.2) is 41.1 Å². The molecule has 3 nitrogen and oxygen atoms in total. The highest BCUT2D eigenvalue weighted by molar-refractivity contribution is 6.05. The molecule has 3 heteroatoms. The SMILES string of the molecule is CC(C)(C)C1=NC2CN(C(C)(C)C)CC2C(C(C)(C)C)=N1. The minimum absolute atomic E-state index is 0.0244. The van der Waals surface area contributed by atoms with Gasteiger partial charge in [-0.3, -0.25) is 9.89 Å². The summed E-state index contributed by atoms with van der Waals surface area (Å²) < 4.78 is 0. The van der Waals surface area contributed by atoms with Crippen LogP contribution in [0.1, 0.15) is 62.3 Å². The van der Waals surface area contributed by atoms with Crippen LogP contribution in [0.25, 0.3) is 0 Å². The summed E-state index contributed by atoms with van der Waals surface area (Å²) in [6, 6.07) is 0.380. The van der Waals surface area contributed by atoms with Gasteiger partial charge < -0.3 is 0 Å². The van der Waals surface area contributed by atoms with Crippen molar-refractivity contribution in [3.63, 3.8) is 0 Å².